The molecule has 0 aliphatic heterocycles. The Labute approximate surface area is 179 Å². The highest BCUT2D eigenvalue weighted by atomic mass is 32.1. The number of amides is 1. The molecule has 8 heteroatoms. The molecule has 0 unspecified atom stereocenters. The fourth-order valence-corrected chi connectivity index (χ4v) is 3.56. The molecule has 0 saturated carbocycles. The smallest absolute Gasteiger partial charge is 0.250 e. The number of nitrogens with one attached hydrogen (secondary N) is 1. The lowest BCUT2D eigenvalue weighted by Gasteiger charge is -2.12. The van der Waals surface area contributed by atoms with Gasteiger partial charge in [0.2, 0.25) is 16.8 Å². The molecular weight excluding hydrogens is 402 g/mol. The van der Waals surface area contributed by atoms with Crippen LogP contribution in [0.15, 0.2) is 48.5 Å². The lowest BCUT2D eigenvalue weighted by atomic mass is 10.1. The van der Waals surface area contributed by atoms with Gasteiger partial charge >= 0.3 is 0 Å². The third-order valence-corrected chi connectivity index (χ3v) is 5.18. The van der Waals surface area contributed by atoms with E-state index >= 15 is 0 Å². The summed E-state index contributed by atoms with van der Waals surface area (Å²) in [7, 11) is 4.63. The second-order valence-electron chi connectivity index (χ2n) is 6.27. The van der Waals surface area contributed by atoms with Gasteiger partial charge in [-0.2, -0.15) is 0 Å². The Morgan fingerprint density at radius 2 is 1.70 bits per heavy atom. The first-order valence-corrected chi connectivity index (χ1v) is 10.1. The lowest BCUT2D eigenvalue weighted by molar-refractivity contribution is -0.111. The van der Waals surface area contributed by atoms with Gasteiger partial charge in [-0.05, 0) is 35.8 Å². The summed E-state index contributed by atoms with van der Waals surface area (Å²) < 4.78 is 15.9. The minimum Gasteiger partial charge on any atom is -0.493 e. The van der Waals surface area contributed by atoms with Gasteiger partial charge in [0.1, 0.15) is 5.01 Å². The number of benzene rings is 2. The van der Waals surface area contributed by atoms with E-state index < -0.39 is 0 Å². The van der Waals surface area contributed by atoms with E-state index in [2.05, 4.69) is 27.6 Å². The van der Waals surface area contributed by atoms with Crippen LogP contribution in [0.5, 0.6) is 17.2 Å². The van der Waals surface area contributed by atoms with Crippen molar-refractivity contribution in [3.8, 4) is 17.2 Å². The molecule has 0 saturated heterocycles. The molecule has 0 radical (unpaired) electrons. The number of aryl methyl sites for hydroxylation is 2. The van der Waals surface area contributed by atoms with Crippen molar-refractivity contribution in [3.05, 3.63) is 64.7 Å². The van der Waals surface area contributed by atoms with Crippen molar-refractivity contribution in [3.63, 3.8) is 0 Å². The minimum absolute atomic E-state index is 0.297. The zero-order valence-corrected chi connectivity index (χ0v) is 17.9. The molecule has 1 aromatic heterocycles. The van der Waals surface area contributed by atoms with E-state index in [1.165, 1.54) is 23.0 Å². The van der Waals surface area contributed by atoms with Crippen LogP contribution in [-0.4, -0.2) is 37.4 Å². The van der Waals surface area contributed by atoms with Gasteiger partial charge in [-0.25, -0.2) is 0 Å². The van der Waals surface area contributed by atoms with Crippen molar-refractivity contribution in [2.24, 2.45) is 0 Å². The van der Waals surface area contributed by atoms with Gasteiger partial charge in [0.15, 0.2) is 11.5 Å². The van der Waals surface area contributed by atoms with Gasteiger partial charge in [0, 0.05) is 12.5 Å². The van der Waals surface area contributed by atoms with Gasteiger partial charge in [0.25, 0.3) is 0 Å². The van der Waals surface area contributed by atoms with E-state index in [1.807, 2.05) is 18.2 Å². The Kier molecular flexibility index (Phi) is 7.40. The Morgan fingerprint density at radius 3 is 2.33 bits per heavy atom. The molecule has 0 aliphatic carbocycles. The van der Waals surface area contributed by atoms with Crippen LogP contribution in [0.1, 0.15) is 16.1 Å². The fourth-order valence-electron chi connectivity index (χ4n) is 2.82. The number of aromatic nitrogens is 2. The van der Waals surface area contributed by atoms with E-state index in [-0.39, 0.29) is 5.91 Å². The topological polar surface area (TPSA) is 82.6 Å². The maximum Gasteiger partial charge on any atom is 0.250 e. The van der Waals surface area contributed by atoms with Crippen LogP contribution in [0.2, 0.25) is 0 Å². The third kappa shape index (κ3) is 5.57. The molecule has 0 aliphatic rings. The molecule has 1 heterocycles. The van der Waals surface area contributed by atoms with Crippen LogP contribution in [-0.2, 0) is 17.6 Å². The average Bonchev–Trinajstić information content (AvgIpc) is 3.23. The van der Waals surface area contributed by atoms with Crippen molar-refractivity contribution in [1.29, 1.82) is 0 Å². The van der Waals surface area contributed by atoms with Gasteiger partial charge < -0.3 is 14.2 Å². The summed E-state index contributed by atoms with van der Waals surface area (Å²) in [4.78, 5) is 12.3. The quantitative estimate of drug-likeness (QED) is 0.522. The zero-order chi connectivity index (χ0) is 21.3. The lowest BCUT2D eigenvalue weighted by Crippen LogP contribution is -2.07. The van der Waals surface area contributed by atoms with E-state index in [9.17, 15) is 4.79 Å². The summed E-state index contributed by atoms with van der Waals surface area (Å²) in [6.07, 6.45) is 4.74. The molecule has 3 aromatic rings. The molecule has 30 heavy (non-hydrogen) atoms. The molecule has 0 bridgehead atoms. The Balaban J connectivity index is 1.60. The Hall–Kier alpha value is -3.39. The molecule has 0 atom stereocenters. The van der Waals surface area contributed by atoms with Crippen LogP contribution < -0.4 is 19.5 Å². The molecule has 1 N–H and O–H groups in total. The summed E-state index contributed by atoms with van der Waals surface area (Å²) in [5.41, 5.74) is 1.98. The highest BCUT2D eigenvalue weighted by Crippen LogP contribution is 2.38. The summed E-state index contributed by atoms with van der Waals surface area (Å²) in [5.74, 6) is 1.24. The van der Waals surface area contributed by atoms with Gasteiger partial charge in [-0.15, -0.1) is 10.2 Å². The highest BCUT2D eigenvalue weighted by Gasteiger charge is 2.12. The largest absolute Gasteiger partial charge is 0.493 e. The number of nitrogens with zero attached hydrogens (tertiary/aromatic N) is 2. The zero-order valence-electron chi connectivity index (χ0n) is 17.0. The Bertz CT molecular complexity index is 993. The van der Waals surface area contributed by atoms with E-state index in [4.69, 9.17) is 14.2 Å². The molecule has 2 aromatic carbocycles. The van der Waals surface area contributed by atoms with Crippen LogP contribution in [0.4, 0.5) is 5.13 Å². The number of rotatable bonds is 9. The molecule has 7 nitrogen and oxygen atoms in total. The summed E-state index contributed by atoms with van der Waals surface area (Å²) in [5, 5.41) is 12.3. The first kappa shape index (κ1) is 21.3. The first-order valence-electron chi connectivity index (χ1n) is 9.28. The molecule has 3 rings (SSSR count). The SMILES string of the molecule is COc1cc(/C=C/C(=O)Nc2nnc(CCc3ccccc3)s2)cc(OC)c1OC. The standard InChI is InChI=1S/C22H23N3O4S/c1-27-17-13-16(14-18(28-2)21(17)29-3)9-11-19(26)23-22-25-24-20(30-22)12-10-15-7-5-4-6-8-15/h4-9,11,13-14H,10,12H2,1-3H3,(H,23,25,26)/b11-9+. The van der Waals surface area contributed by atoms with Crippen LogP contribution in [0.3, 0.4) is 0 Å². The molecule has 0 fully saturated rings. The van der Waals surface area contributed by atoms with Gasteiger partial charge in [-0.3, -0.25) is 10.1 Å². The second-order valence-corrected chi connectivity index (χ2v) is 7.33. The number of carbonyl (C=O) groups is 1. The number of carbonyl (C=O) groups excluding carboxylic acids is 1. The minimum atomic E-state index is -0.297. The van der Waals surface area contributed by atoms with Crippen LogP contribution >= 0.6 is 11.3 Å². The Morgan fingerprint density at radius 1 is 1.00 bits per heavy atom. The van der Waals surface area contributed by atoms with E-state index in [1.54, 1.807) is 39.5 Å². The van der Waals surface area contributed by atoms with Crippen molar-refractivity contribution in [2.45, 2.75) is 12.8 Å². The molecule has 1 amide bonds. The normalized spacial score (nSPS) is 10.8. The maximum absolute atomic E-state index is 12.3. The van der Waals surface area contributed by atoms with Crippen molar-refractivity contribution >= 4 is 28.5 Å². The average molecular weight is 426 g/mol. The summed E-state index contributed by atoms with van der Waals surface area (Å²) in [6, 6.07) is 13.7. The number of hydrogen-bond acceptors (Lipinski definition) is 7. The van der Waals surface area contributed by atoms with Crippen molar-refractivity contribution in [2.75, 3.05) is 26.6 Å². The van der Waals surface area contributed by atoms with Gasteiger partial charge in [-0.1, -0.05) is 41.7 Å². The highest BCUT2D eigenvalue weighted by molar-refractivity contribution is 7.15. The number of anilines is 1. The monoisotopic (exact) mass is 425 g/mol. The van der Waals surface area contributed by atoms with Crippen LogP contribution in [0.25, 0.3) is 6.08 Å². The predicted molar refractivity (Wildman–Crippen MR) is 118 cm³/mol. The summed E-state index contributed by atoms with van der Waals surface area (Å²) in [6.45, 7) is 0. The number of hydrogen-bond donors (Lipinski definition) is 1. The molecule has 0 spiro atoms. The molecular formula is C22H23N3O4S. The third-order valence-electron chi connectivity index (χ3n) is 4.28. The second kappa shape index (κ2) is 10.4. The van der Waals surface area contributed by atoms with E-state index in [0.29, 0.717) is 22.4 Å². The number of methoxy groups -OCH3 is 3. The maximum atomic E-state index is 12.3. The van der Waals surface area contributed by atoms with Gasteiger partial charge in [0.05, 0.1) is 21.3 Å². The fraction of sp³-hybridized carbons (Fsp3) is 0.227. The number of ether oxygens (including phenoxy) is 3. The first-order chi connectivity index (χ1) is 14.6. The summed E-state index contributed by atoms with van der Waals surface area (Å²) >= 11 is 1.37. The van der Waals surface area contributed by atoms with Crippen molar-refractivity contribution < 1.29 is 19.0 Å². The van der Waals surface area contributed by atoms with Crippen molar-refractivity contribution in [1.82, 2.24) is 10.2 Å². The predicted octanol–water partition coefficient (Wildman–Crippen LogP) is 4.00. The van der Waals surface area contributed by atoms with Crippen LogP contribution in [0, 0.1) is 0 Å². The van der Waals surface area contributed by atoms with E-state index in [0.717, 1.165) is 23.4 Å². The molecule has 156 valence electrons.